The van der Waals surface area contributed by atoms with Gasteiger partial charge in [-0.3, -0.25) is 0 Å². The standard InChI is InChI=1S/C43H28O8/c1-21-12-25-7-6-22-4-2-3-5-32(22)38(25)37(21)39-33-10-8-23(26-13-28(40(44)45)17-29(14-26)41(46)47)19-35(33)36-20-24(9-11-34(36)39)27-15-30(42(48)49)18-31(16-27)43(50)51/h2-11,13-21H,12H2,1H3,(H,44,45)(H,46,47)(H,48,49)(H,50,51)/t21-/m1/s1. The quantitative estimate of drug-likeness (QED) is 0.137. The van der Waals surface area contributed by atoms with Crippen molar-refractivity contribution in [2.24, 2.45) is 5.92 Å². The maximum Gasteiger partial charge on any atom is 0.335 e. The summed E-state index contributed by atoms with van der Waals surface area (Å²) in [5, 5.41) is 41.3. The van der Waals surface area contributed by atoms with Crippen LogP contribution in [-0.2, 0) is 6.42 Å². The minimum Gasteiger partial charge on any atom is -0.478 e. The maximum atomic E-state index is 12.0. The smallest absolute Gasteiger partial charge is 0.335 e. The minimum atomic E-state index is -1.24. The van der Waals surface area contributed by atoms with Crippen LogP contribution in [-0.4, -0.2) is 44.3 Å². The van der Waals surface area contributed by atoms with E-state index in [2.05, 4.69) is 31.2 Å². The first-order valence-corrected chi connectivity index (χ1v) is 16.3. The molecule has 0 saturated carbocycles. The number of rotatable bonds is 6. The van der Waals surface area contributed by atoms with E-state index in [1.54, 1.807) is 0 Å². The van der Waals surface area contributed by atoms with Gasteiger partial charge in [0.2, 0.25) is 0 Å². The van der Waals surface area contributed by atoms with Crippen LogP contribution in [0, 0.1) is 5.92 Å². The Bertz CT molecular complexity index is 2400. The van der Waals surface area contributed by atoms with E-state index >= 15 is 0 Å². The zero-order valence-electron chi connectivity index (χ0n) is 27.1. The molecule has 0 amide bonds. The van der Waals surface area contributed by atoms with Crippen molar-refractivity contribution in [3.63, 3.8) is 0 Å². The van der Waals surface area contributed by atoms with Crippen LogP contribution in [0.1, 0.15) is 70.6 Å². The summed E-state index contributed by atoms with van der Waals surface area (Å²) in [6, 6.07) is 32.3. The van der Waals surface area contributed by atoms with Crippen molar-refractivity contribution >= 4 is 45.8 Å². The van der Waals surface area contributed by atoms with Gasteiger partial charge in [-0.15, -0.1) is 0 Å². The van der Waals surface area contributed by atoms with E-state index in [-0.39, 0.29) is 28.2 Å². The lowest BCUT2D eigenvalue weighted by Gasteiger charge is -2.16. The van der Waals surface area contributed by atoms with E-state index < -0.39 is 23.9 Å². The van der Waals surface area contributed by atoms with Crippen LogP contribution in [0.15, 0.2) is 109 Å². The van der Waals surface area contributed by atoms with Gasteiger partial charge in [0.1, 0.15) is 0 Å². The summed E-state index contributed by atoms with van der Waals surface area (Å²) in [4.78, 5) is 47.8. The average molecular weight is 673 g/mol. The molecule has 0 unspecified atom stereocenters. The van der Waals surface area contributed by atoms with Gasteiger partial charge in [0.05, 0.1) is 22.3 Å². The second kappa shape index (κ2) is 11.7. The highest BCUT2D eigenvalue weighted by atomic mass is 16.4. The summed E-state index contributed by atoms with van der Waals surface area (Å²) < 4.78 is 0. The summed E-state index contributed by atoms with van der Waals surface area (Å²) in [5.41, 5.74) is 9.78. The Balaban J connectivity index is 1.41. The third-order valence-electron chi connectivity index (χ3n) is 9.96. The lowest BCUT2D eigenvalue weighted by atomic mass is 9.87. The predicted molar refractivity (Wildman–Crippen MR) is 193 cm³/mol. The number of benzene rings is 6. The average Bonchev–Trinajstić information content (AvgIpc) is 3.63. The normalized spacial score (nSPS) is 14.3. The molecule has 0 aromatic heterocycles. The molecule has 1 atom stereocenters. The largest absolute Gasteiger partial charge is 0.478 e. The van der Waals surface area contributed by atoms with Gasteiger partial charge in [-0.25, -0.2) is 19.2 Å². The molecule has 2 aliphatic carbocycles. The lowest BCUT2D eigenvalue weighted by Crippen LogP contribution is -2.03. The van der Waals surface area contributed by atoms with Gasteiger partial charge in [0.25, 0.3) is 0 Å². The summed E-state index contributed by atoms with van der Waals surface area (Å²) in [7, 11) is 0. The van der Waals surface area contributed by atoms with Gasteiger partial charge in [0, 0.05) is 0 Å². The molecule has 8 heteroatoms. The molecular weight excluding hydrogens is 644 g/mol. The first kappa shape index (κ1) is 31.5. The highest BCUT2D eigenvalue weighted by molar-refractivity contribution is 6.15. The fraction of sp³-hybridized carbons (Fsp3) is 0.0698. The molecule has 0 radical (unpaired) electrons. The molecule has 6 aromatic carbocycles. The van der Waals surface area contributed by atoms with Crippen LogP contribution in [0.3, 0.4) is 0 Å². The van der Waals surface area contributed by atoms with Crippen LogP contribution < -0.4 is 0 Å². The third kappa shape index (κ3) is 5.16. The molecule has 0 heterocycles. The molecule has 0 bridgehead atoms. The Labute approximate surface area is 291 Å². The number of carbonyl (C=O) groups is 4. The Morgan fingerprint density at radius 1 is 0.510 bits per heavy atom. The van der Waals surface area contributed by atoms with E-state index in [0.29, 0.717) is 22.3 Å². The minimum absolute atomic E-state index is 0.147. The van der Waals surface area contributed by atoms with E-state index in [4.69, 9.17) is 0 Å². The lowest BCUT2D eigenvalue weighted by molar-refractivity contribution is 0.0676. The van der Waals surface area contributed by atoms with Gasteiger partial charge in [0.15, 0.2) is 0 Å². The highest BCUT2D eigenvalue weighted by Crippen LogP contribution is 2.54. The number of hydrogen-bond donors (Lipinski definition) is 4. The fourth-order valence-electron chi connectivity index (χ4n) is 7.70. The molecule has 0 fully saturated rings. The van der Waals surface area contributed by atoms with E-state index in [0.717, 1.165) is 57.2 Å². The van der Waals surface area contributed by atoms with Gasteiger partial charge < -0.3 is 20.4 Å². The number of aromatic carboxylic acids is 4. The van der Waals surface area contributed by atoms with Crippen molar-refractivity contribution in [3.05, 3.63) is 154 Å². The third-order valence-corrected chi connectivity index (χ3v) is 9.96. The zero-order chi connectivity index (χ0) is 35.7. The summed E-state index contributed by atoms with van der Waals surface area (Å²) in [5.74, 6) is -4.79. The summed E-state index contributed by atoms with van der Waals surface area (Å²) in [6.45, 7) is 2.22. The van der Waals surface area contributed by atoms with Crippen molar-refractivity contribution in [2.45, 2.75) is 13.3 Å². The molecule has 6 aromatic rings. The first-order chi connectivity index (χ1) is 24.5. The molecule has 51 heavy (non-hydrogen) atoms. The summed E-state index contributed by atoms with van der Waals surface area (Å²) >= 11 is 0. The van der Waals surface area contributed by atoms with Gasteiger partial charge >= 0.3 is 23.9 Å². The van der Waals surface area contributed by atoms with Gasteiger partial charge in [-0.05, 0) is 138 Å². The number of fused-ring (bicyclic) bond motifs is 6. The van der Waals surface area contributed by atoms with Gasteiger partial charge in [-0.1, -0.05) is 67.6 Å². The number of allylic oxidation sites excluding steroid dienone is 1. The van der Waals surface area contributed by atoms with Crippen molar-refractivity contribution in [1.29, 1.82) is 0 Å². The number of hydrogen-bond acceptors (Lipinski definition) is 4. The second-order valence-electron chi connectivity index (χ2n) is 13.1. The molecule has 4 N–H and O–H groups in total. The Hall–Kier alpha value is -6.80. The molecule has 0 saturated heterocycles. The monoisotopic (exact) mass is 672 g/mol. The molecule has 248 valence electrons. The molecular formula is C43H28O8. The van der Waals surface area contributed by atoms with Crippen LogP contribution in [0.4, 0.5) is 0 Å². The highest BCUT2D eigenvalue weighted by Gasteiger charge is 2.34. The fourth-order valence-corrected chi connectivity index (χ4v) is 7.70. The maximum absolute atomic E-state index is 12.0. The van der Waals surface area contributed by atoms with Gasteiger partial charge in [-0.2, -0.15) is 0 Å². The van der Waals surface area contributed by atoms with E-state index in [9.17, 15) is 39.6 Å². The van der Waals surface area contributed by atoms with Crippen LogP contribution in [0.2, 0.25) is 0 Å². The van der Waals surface area contributed by atoms with Crippen LogP contribution in [0.25, 0.3) is 55.3 Å². The first-order valence-electron chi connectivity index (χ1n) is 16.3. The van der Waals surface area contributed by atoms with E-state index in [1.165, 1.54) is 41.0 Å². The Kier molecular flexibility index (Phi) is 7.20. The van der Waals surface area contributed by atoms with Crippen molar-refractivity contribution in [2.75, 3.05) is 0 Å². The van der Waals surface area contributed by atoms with Crippen molar-refractivity contribution < 1.29 is 39.6 Å². The summed E-state index contributed by atoms with van der Waals surface area (Å²) in [6.07, 6.45) is 0.861. The molecule has 2 aliphatic rings. The Morgan fingerprint density at radius 3 is 1.45 bits per heavy atom. The van der Waals surface area contributed by atoms with Crippen LogP contribution >= 0.6 is 0 Å². The zero-order valence-corrected chi connectivity index (χ0v) is 27.1. The Morgan fingerprint density at radius 2 is 0.980 bits per heavy atom. The predicted octanol–water partition coefficient (Wildman–Crippen LogP) is 9.10. The topological polar surface area (TPSA) is 149 Å². The molecule has 0 spiro atoms. The molecule has 8 rings (SSSR count). The van der Waals surface area contributed by atoms with Crippen molar-refractivity contribution in [3.8, 4) is 33.4 Å². The molecule has 0 aliphatic heterocycles. The SMILES string of the molecule is C[C@@H]1Cc2ccc3ccccc3c2C1=C1c2ccc(-c3cc(C(=O)O)cc(C(=O)O)c3)cc2-c2cc(-c3cc(C(=O)O)cc(C(=O)O)c3)ccc21. The van der Waals surface area contributed by atoms with Crippen LogP contribution in [0.5, 0.6) is 0 Å². The van der Waals surface area contributed by atoms with Crippen molar-refractivity contribution in [1.82, 2.24) is 0 Å². The molecule has 8 nitrogen and oxygen atoms in total. The van der Waals surface area contributed by atoms with E-state index in [1.807, 2.05) is 48.5 Å². The second-order valence-corrected chi connectivity index (χ2v) is 13.1. The number of carboxylic acid groups (broad SMARTS) is 4. The number of carboxylic acids is 4.